The van der Waals surface area contributed by atoms with Crippen LogP contribution in [0.25, 0.3) is 6.08 Å². The highest BCUT2D eigenvalue weighted by Gasteiger charge is 2.32. The number of benzene rings is 3. The Labute approximate surface area is 198 Å². The molecule has 168 valence electrons. The van der Waals surface area contributed by atoms with Gasteiger partial charge in [0, 0.05) is 5.69 Å². The molecule has 0 bridgehead atoms. The molecule has 5 nitrogen and oxygen atoms in total. The van der Waals surface area contributed by atoms with Crippen LogP contribution in [0.3, 0.4) is 0 Å². The second-order valence-corrected chi connectivity index (χ2v) is 8.87. The zero-order valence-corrected chi connectivity index (χ0v) is 19.1. The van der Waals surface area contributed by atoms with Crippen molar-refractivity contribution in [2.45, 2.75) is 13.0 Å². The molecule has 0 radical (unpaired) electrons. The highest BCUT2D eigenvalue weighted by Crippen LogP contribution is 2.30. The fourth-order valence-corrected chi connectivity index (χ4v) is 5.04. The third-order valence-electron chi connectivity index (χ3n) is 5.58. The third kappa shape index (κ3) is 4.13. The van der Waals surface area contributed by atoms with Crippen molar-refractivity contribution >= 4 is 29.0 Å². The predicted molar refractivity (Wildman–Crippen MR) is 132 cm³/mol. The Morgan fingerprint density at radius 1 is 1.00 bits per heavy atom. The number of carbonyl (C=O) groups is 1. The zero-order valence-electron chi connectivity index (χ0n) is 18.2. The lowest BCUT2D eigenvalue weighted by Gasteiger charge is -2.25. The van der Waals surface area contributed by atoms with Gasteiger partial charge < -0.3 is 5.32 Å². The maximum Gasteiger partial charge on any atom is 0.271 e. The topological polar surface area (TPSA) is 63.5 Å². The van der Waals surface area contributed by atoms with E-state index in [-0.39, 0.29) is 11.5 Å². The van der Waals surface area contributed by atoms with Gasteiger partial charge in [0.05, 0.1) is 21.8 Å². The van der Waals surface area contributed by atoms with Crippen molar-refractivity contribution in [1.82, 2.24) is 4.57 Å². The molecule has 5 rings (SSSR count). The Morgan fingerprint density at radius 2 is 1.65 bits per heavy atom. The summed E-state index contributed by atoms with van der Waals surface area (Å²) >= 11 is 1.27. The SMILES string of the molecule is CC1=C(C(=O)Nc2ccccc2)C(c2ccc(F)cc2)n2c(s/c(=C\c3ccccc3)c2=O)=N1. The van der Waals surface area contributed by atoms with Crippen LogP contribution in [0.5, 0.6) is 0 Å². The molecule has 1 N–H and O–H groups in total. The van der Waals surface area contributed by atoms with Gasteiger partial charge in [-0.2, -0.15) is 0 Å². The maximum atomic E-state index is 13.7. The molecule has 4 aromatic rings. The number of anilines is 1. The Hall–Kier alpha value is -4.10. The van der Waals surface area contributed by atoms with Crippen LogP contribution in [0.4, 0.5) is 10.1 Å². The van der Waals surface area contributed by atoms with E-state index in [9.17, 15) is 14.0 Å². The number of rotatable bonds is 4. The average molecular weight is 470 g/mol. The van der Waals surface area contributed by atoms with Crippen LogP contribution in [0.15, 0.2) is 106 Å². The van der Waals surface area contributed by atoms with Crippen molar-refractivity contribution < 1.29 is 9.18 Å². The number of thiazole rings is 1. The van der Waals surface area contributed by atoms with Crippen LogP contribution in [0.2, 0.25) is 0 Å². The zero-order chi connectivity index (χ0) is 23.7. The number of fused-ring (bicyclic) bond motifs is 1. The molecule has 3 aromatic carbocycles. The highest BCUT2D eigenvalue weighted by molar-refractivity contribution is 7.07. The minimum Gasteiger partial charge on any atom is -0.322 e. The smallest absolute Gasteiger partial charge is 0.271 e. The van der Waals surface area contributed by atoms with E-state index >= 15 is 0 Å². The van der Waals surface area contributed by atoms with Crippen LogP contribution in [0, 0.1) is 5.82 Å². The molecular weight excluding hydrogens is 449 g/mol. The Bertz CT molecular complexity index is 1570. The van der Waals surface area contributed by atoms with E-state index in [4.69, 9.17) is 0 Å². The normalized spacial score (nSPS) is 15.6. The van der Waals surface area contributed by atoms with E-state index in [0.717, 1.165) is 5.56 Å². The van der Waals surface area contributed by atoms with E-state index in [1.807, 2.05) is 54.6 Å². The van der Waals surface area contributed by atoms with Gasteiger partial charge >= 0.3 is 0 Å². The van der Waals surface area contributed by atoms with Crippen molar-refractivity contribution in [3.63, 3.8) is 0 Å². The van der Waals surface area contributed by atoms with E-state index in [1.54, 1.807) is 31.2 Å². The Morgan fingerprint density at radius 3 is 2.32 bits per heavy atom. The second kappa shape index (κ2) is 9.03. The molecule has 0 fully saturated rings. The van der Waals surface area contributed by atoms with Crippen molar-refractivity contribution in [3.8, 4) is 0 Å². The average Bonchev–Trinajstić information content (AvgIpc) is 3.14. The molecule has 1 aromatic heterocycles. The summed E-state index contributed by atoms with van der Waals surface area (Å²) in [4.78, 5) is 32.1. The number of hydrogen-bond donors (Lipinski definition) is 1. The summed E-state index contributed by atoms with van der Waals surface area (Å²) in [5.41, 5.74) is 2.75. The third-order valence-corrected chi connectivity index (χ3v) is 6.56. The summed E-state index contributed by atoms with van der Waals surface area (Å²) in [6.07, 6.45) is 1.81. The molecule has 0 spiro atoms. The molecule has 1 atom stereocenters. The first-order chi connectivity index (χ1) is 16.5. The van der Waals surface area contributed by atoms with Crippen molar-refractivity contribution in [3.05, 3.63) is 133 Å². The molecular formula is C27H20FN3O2S. The van der Waals surface area contributed by atoms with Crippen LogP contribution >= 0.6 is 11.3 Å². The van der Waals surface area contributed by atoms with Crippen LogP contribution in [-0.4, -0.2) is 10.5 Å². The lowest BCUT2D eigenvalue weighted by Crippen LogP contribution is -2.40. The Balaban J connectivity index is 1.68. The minimum absolute atomic E-state index is 0.251. The number of halogens is 1. The second-order valence-electron chi connectivity index (χ2n) is 7.86. The van der Waals surface area contributed by atoms with Gasteiger partial charge in [-0.1, -0.05) is 72.0 Å². The number of aromatic nitrogens is 1. The fraction of sp³-hybridized carbons (Fsp3) is 0.0741. The van der Waals surface area contributed by atoms with Gasteiger partial charge in [-0.25, -0.2) is 9.38 Å². The monoisotopic (exact) mass is 469 g/mol. The van der Waals surface area contributed by atoms with E-state index in [2.05, 4.69) is 10.3 Å². The summed E-state index contributed by atoms with van der Waals surface area (Å²) < 4.78 is 15.8. The van der Waals surface area contributed by atoms with Gasteiger partial charge in [0.25, 0.3) is 11.5 Å². The van der Waals surface area contributed by atoms with Crippen LogP contribution in [-0.2, 0) is 4.79 Å². The van der Waals surface area contributed by atoms with Crippen molar-refractivity contribution in [2.75, 3.05) is 5.32 Å². The number of amides is 1. The first kappa shape index (κ1) is 21.7. The molecule has 0 saturated carbocycles. The van der Waals surface area contributed by atoms with E-state index in [0.29, 0.717) is 31.9 Å². The molecule has 1 aliphatic heterocycles. The van der Waals surface area contributed by atoms with Gasteiger partial charge in [0.15, 0.2) is 4.80 Å². The van der Waals surface area contributed by atoms with Gasteiger partial charge in [0.1, 0.15) is 5.82 Å². The molecule has 1 unspecified atom stereocenters. The van der Waals surface area contributed by atoms with Gasteiger partial charge in [0.2, 0.25) is 0 Å². The quantitative estimate of drug-likeness (QED) is 0.491. The molecule has 34 heavy (non-hydrogen) atoms. The van der Waals surface area contributed by atoms with Crippen LogP contribution < -0.4 is 20.2 Å². The van der Waals surface area contributed by atoms with E-state index < -0.39 is 11.9 Å². The Kier molecular flexibility index (Phi) is 5.77. The molecule has 1 aliphatic rings. The fourth-order valence-electron chi connectivity index (χ4n) is 3.99. The maximum absolute atomic E-state index is 13.7. The number of allylic oxidation sites excluding steroid dienone is 1. The molecule has 1 amide bonds. The van der Waals surface area contributed by atoms with Crippen LogP contribution in [0.1, 0.15) is 24.1 Å². The van der Waals surface area contributed by atoms with Gasteiger partial charge in [-0.3, -0.25) is 14.2 Å². The number of carbonyl (C=O) groups excluding carboxylic acids is 1. The summed E-state index contributed by atoms with van der Waals surface area (Å²) in [7, 11) is 0. The van der Waals surface area contributed by atoms with Crippen molar-refractivity contribution in [2.24, 2.45) is 4.99 Å². The first-order valence-electron chi connectivity index (χ1n) is 10.7. The summed E-state index contributed by atoms with van der Waals surface area (Å²) in [5.74, 6) is -0.754. The lowest BCUT2D eigenvalue weighted by molar-refractivity contribution is -0.113. The molecule has 7 heteroatoms. The summed E-state index contributed by atoms with van der Waals surface area (Å²) in [6.45, 7) is 1.75. The van der Waals surface area contributed by atoms with Crippen molar-refractivity contribution in [1.29, 1.82) is 0 Å². The molecule has 2 heterocycles. The predicted octanol–water partition coefficient (Wildman–Crippen LogP) is 4.01. The number of nitrogens with zero attached hydrogens (tertiary/aromatic N) is 2. The number of para-hydroxylation sites is 1. The molecule has 0 aliphatic carbocycles. The summed E-state index contributed by atoms with van der Waals surface area (Å²) in [6, 6.07) is 23.8. The van der Waals surface area contributed by atoms with Gasteiger partial charge in [-0.05, 0) is 48.4 Å². The lowest BCUT2D eigenvalue weighted by atomic mass is 9.95. The highest BCUT2D eigenvalue weighted by atomic mass is 32.1. The number of hydrogen-bond acceptors (Lipinski definition) is 4. The summed E-state index contributed by atoms with van der Waals surface area (Å²) in [5, 5.41) is 2.90. The largest absolute Gasteiger partial charge is 0.322 e. The standard InChI is InChI=1S/C27H20FN3O2S/c1-17-23(25(32)30-21-10-6-3-7-11-21)24(19-12-14-20(28)15-13-19)31-26(33)22(34-27(31)29-17)16-18-8-4-2-5-9-18/h2-16,24H,1H3,(H,30,32)/b22-16-. The first-order valence-corrected chi connectivity index (χ1v) is 11.5. The molecule has 0 saturated heterocycles. The van der Waals surface area contributed by atoms with Gasteiger partial charge in [-0.15, -0.1) is 0 Å². The number of nitrogens with one attached hydrogen (secondary N) is 1. The minimum atomic E-state index is -0.738. The van der Waals surface area contributed by atoms with E-state index in [1.165, 1.54) is 28.0 Å².